The Balaban J connectivity index is 1.39. The largest absolute Gasteiger partial charge is 0.309 e. The van der Waals surface area contributed by atoms with Crippen LogP contribution >= 0.6 is 23.1 Å². The predicted molar refractivity (Wildman–Crippen MR) is 124 cm³/mol. The molecule has 3 aromatic heterocycles. The summed E-state index contributed by atoms with van der Waals surface area (Å²) < 4.78 is 2.88. The van der Waals surface area contributed by atoms with Gasteiger partial charge in [0.05, 0.1) is 24.4 Å². The van der Waals surface area contributed by atoms with Gasteiger partial charge in [0.1, 0.15) is 16.3 Å². The van der Waals surface area contributed by atoms with E-state index in [0.29, 0.717) is 16.3 Å². The number of nitrogens with zero attached hydrogens (tertiary/aromatic N) is 5. The van der Waals surface area contributed by atoms with Crippen molar-refractivity contribution < 1.29 is 0 Å². The molecule has 7 nitrogen and oxygen atoms in total. The second-order valence-electron chi connectivity index (χ2n) is 7.74. The Labute approximate surface area is 188 Å². The van der Waals surface area contributed by atoms with Crippen molar-refractivity contribution in [1.29, 1.82) is 0 Å². The first-order valence-electron chi connectivity index (χ1n) is 10.5. The lowest BCUT2D eigenvalue weighted by Crippen LogP contribution is -2.30. The van der Waals surface area contributed by atoms with Crippen molar-refractivity contribution in [2.24, 2.45) is 0 Å². The van der Waals surface area contributed by atoms with E-state index in [4.69, 9.17) is 0 Å². The zero-order valence-corrected chi connectivity index (χ0v) is 18.8. The maximum atomic E-state index is 12.3. The Morgan fingerprint density at radius 2 is 1.87 bits per heavy atom. The highest BCUT2D eigenvalue weighted by Crippen LogP contribution is 2.24. The molecule has 0 spiro atoms. The minimum Gasteiger partial charge on any atom is -0.309 e. The minimum atomic E-state index is -0.0767. The zero-order chi connectivity index (χ0) is 21.0. The highest BCUT2D eigenvalue weighted by Gasteiger charge is 2.18. The molecule has 4 heterocycles. The van der Waals surface area contributed by atoms with Crippen LogP contribution in [0.15, 0.2) is 51.7 Å². The summed E-state index contributed by atoms with van der Waals surface area (Å²) in [7, 11) is 0. The molecule has 1 aliphatic heterocycles. The topological polar surface area (TPSA) is 79.7 Å². The maximum Gasteiger partial charge on any atom is 0.268 e. The van der Waals surface area contributed by atoms with Crippen LogP contribution in [-0.4, -0.2) is 42.7 Å². The van der Waals surface area contributed by atoms with Gasteiger partial charge in [-0.05, 0) is 42.9 Å². The van der Waals surface area contributed by atoms with Gasteiger partial charge in [0.15, 0.2) is 5.16 Å². The van der Waals surface area contributed by atoms with Crippen molar-refractivity contribution in [1.82, 2.24) is 29.6 Å². The standard InChI is InChI=1S/C22H24N6OS2/c29-21-20-17(9-12-30-20)23-18(24-21)15-31-22-26-25-19(14-27-10-5-2-6-11-27)28(22)13-16-7-3-1-4-8-16/h1,3-4,7-9,12H,2,5-6,10-11,13-15H2,(H,23,24,29). The van der Waals surface area contributed by atoms with Crippen LogP contribution in [0.1, 0.15) is 36.5 Å². The predicted octanol–water partition coefficient (Wildman–Crippen LogP) is 3.90. The van der Waals surface area contributed by atoms with Crippen LogP contribution in [-0.2, 0) is 18.8 Å². The summed E-state index contributed by atoms with van der Waals surface area (Å²) in [5, 5.41) is 11.8. The molecule has 0 bridgehead atoms. The first-order chi connectivity index (χ1) is 15.3. The van der Waals surface area contributed by atoms with Gasteiger partial charge in [-0.3, -0.25) is 9.69 Å². The van der Waals surface area contributed by atoms with E-state index in [9.17, 15) is 4.79 Å². The van der Waals surface area contributed by atoms with Crippen molar-refractivity contribution in [2.75, 3.05) is 13.1 Å². The number of thioether (sulfide) groups is 1. The number of likely N-dealkylation sites (tertiary alicyclic amines) is 1. The maximum absolute atomic E-state index is 12.3. The first-order valence-corrected chi connectivity index (χ1v) is 12.4. The van der Waals surface area contributed by atoms with Crippen LogP contribution in [0.5, 0.6) is 0 Å². The van der Waals surface area contributed by atoms with Gasteiger partial charge in [0.2, 0.25) is 0 Å². The summed E-state index contributed by atoms with van der Waals surface area (Å²) in [6.45, 7) is 3.78. The molecule has 9 heteroatoms. The monoisotopic (exact) mass is 452 g/mol. The third-order valence-electron chi connectivity index (χ3n) is 5.49. The molecule has 1 aromatic carbocycles. The zero-order valence-electron chi connectivity index (χ0n) is 17.2. The van der Waals surface area contributed by atoms with Gasteiger partial charge >= 0.3 is 0 Å². The number of aromatic amines is 1. The number of benzene rings is 1. The van der Waals surface area contributed by atoms with E-state index in [-0.39, 0.29) is 5.56 Å². The van der Waals surface area contributed by atoms with E-state index >= 15 is 0 Å². The fourth-order valence-corrected chi connectivity index (χ4v) is 5.46. The molecular weight excluding hydrogens is 428 g/mol. The van der Waals surface area contributed by atoms with E-state index in [0.717, 1.165) is 42.7 Å². The van der Waals surface area contributed by atoms with Gasteiger partial charge in [-0.25, -0.2) is 4.98 Å². The molecule has 5 rings (SSSR count). The normalized spacial score (nSPS) is 15.0. The van der Waals surface area contributed by atoms with Crippen molar-refractivity contribution in [3.63, 3.8) is 0 Å². The average Bonchev–Trinajstić information content (AvgIpc) is 3.42. The number of piperidine rings is 1. The lowest BCUT2D eigenvalue weighted by molar-refractivity contribution is 0.213. The molecule has 0 atom stereocenters. The molecule has 0 amide bonds. The van der Waals surface area contributed by atoms with Crippen LogP contribution in [0.2, 0.25) is 0 Å². The van der Waals surface area contributed by atoms with Gasteiger partial charge in [-0.2, -0.15) is 0 Å². The van der Waals surface area contributed by atoms with Crippen molar-refractivity contribution in [2.45, 2.75) is 43.3 Å². The van der Waals surface area contributed by atoms with Crippen LogP contribution in [0.25, 0.3) is 10.2 Å². The number of rotatable bonds is 7. The van der Waals surface area contributed by atoms with Crippen LogP contribution < -0.4 is 5.56 Å². The second-order valence-corrected chi connectivity index (χ2v) is 9.60. The third kappa shape index (κ3) is 4.73. The second kappa shape index (κ2) is 9.33. The molecular formula is C22H24N6OS2. The Hall–Kier alpha value is -2.49. The molecule has 4 aromatic rings. The fraction of sp³-hybridized carbons (Fsp3) is 0.364. The Morgan fingerprint density at radius 1 is 1.03 bits per heavy atom. The molecule has 1 fully saturated rings. The van der Waals surface area contributed by atoms with E-state index in [1.807, 2.05) is 17.5 Å². The number of hydrogen-bond donors (Lipinski definition) is 1. The number of H-pyrrole nitrogens is 1. The average molecular weight is 453 g/mol. The smallest absolute Gasteiger partial charge is 0.268 e. The highest BCUT2D eigenvalue weighted by atomic mass is 32.2. The summed E-state index contributed by atoms with van der Waals surface area (Å²) in [6, 6.07) is 12.3. The van der Waals surface area contributed by atoms with Gasteiger partial charge in [0.25, 0.3) is 5.56 Å². The molecule has 1 aliphatic rings. The van der Waals surface area contributed by atoms with Crippen molar-refractivity contribution in [3.8, 4) is 0 Å². The number of fused-ring (bicyclic) bond motifs is 1. The van der Waals surface area contributed by atoms with E-state index in [1.165, 1.54) is 36.2 Å². The lowest BCUT2D eigenvalue weighted by Gasteiger charge is -2.26. The van der Waals surface area contributed by atoms with E-state index in [1.54, 1.807) is 11.8 Å². The van der Waals surface area contributed by atoms with Crippen LogP contribution in [0.4, 0.5) is 0 Å². The SMILES string of the molecule is O=c1[nH]c(CSc2nnc(CN3CCCCC3)n2Cc2ccccc2)nc2ccsc12. The van der Waals surface area contributed by atoms with Gasteiger partial charge in [-0.1, -0.05) is 48.5 Å². The first kappa shape index (κ1) is 20.4. The number of hydrogen-bond acceptors (Lipinski definition) is 7. The van der Waals surface area contributed by atoms with Gasteiger partial charge in [-0.15, -0.1) is 21.5 Å². The fourth-order valence-electron chi connectivity index (χ4n) is 3.91. The van der Waals surface area contributed by atoms with Crippen molar-refractivity contribution >= 4 is 33.3 Å². The quantitative estimate of drug-likeness (QED) is 0.429. The Kier molecular flexibility index (Phi) is 6.15. The van der Waals surface area contributed by atoms with Gasteiger partial charge < -0.3 is 9.55 Å². The lowest BCUT2D eigenvalue weighted by atomic mass is 10.1. The molecule has 0 unspecified atom stereocenters. The molecule has 160 valence electrons. The molecule has 0 aliphatic carbocycles. The van der Waals surface area contributed by atoms with Crippen molar-refractivity contribution in [3.05, 3.63) is 69.3 Å². The van der Waals surface area contributed by atoms with Crippen LogP contribution in [0, 0.1) is 0 Å². The summed E-state index contributed by atoms with van der Waals surface area (Å²) in [4.78, 5) is 22.2. The summed E-state index contributed by atoms with van der Waals surface area (Å²) in [5.41, 5.74) is 1.89. The number of aromatic nitrogens is 5. The summed E-state index contributed by atoms with van der Waals surface area (Å²) in [6.07, 6.45) is 3.81. The van der Waals surface area contributed by atoms with Gasteiger partial charge in [0, 0.05) is 0 Å². The molecule has 31 heavy (non-hydrogen) atoms. The number of thiophene rings is 1. The molecule has 0 saturated carbocycles. The third-order valence-corrected chi connectivity index (χ3v) is 7.37. The molecule has 1 saturated heterocycles. The van der Waals surface area contributed by atoms with E-state index in [2.05, 4.69) is 53.9 Å². The van der Waals surface area contributed by atoms with Crippen LogP contribution in [0.3, 0.4) is 0 Å². The molecule has 1 N–H and O–H groups in total. The highest BCUT2D eigenvalue weighted by molar-refractivity contribution is 7.98. The molecule has 0 radical (unpaired) electrons. The Bertz CT molecular complexity index is 1210. The van der Waals surface area contributed by atoms with E-state index < -0.39 is 0 Å². The Morgan fingerprint density at radius 3 is 2.71 bits per heavy atom. The summed E-state index contributed by atoms with van der Waals surface area (Å²) >= 11 is 2.98. The minimum absolute atomic E-state index is 0.0767. The summed E-state index contributed by atoms with van der Waals surface area (Å²) in [5.74, 6) is 2.19. The number of nitrogens with one attached hydrogen (secondary N) is 1.